The molecule has 0 N–H and O–H groups in total. The summed E-state index contributed by atoms with van der Waals surface area (Å²) in [5, 5.41) is 9.89. The molecule has 1 saturated carbocycles. The maximum Gasteiger partial charge on any atom is 0.0633 e. The summed E-state index contributed by atoms with van der Waals surface area (Å²) in [5.74, 6) is 0. The molecule has 1 unspecified atom stereocenters. The third kappa shape index (κ3) is 3.49. The highest BCUT2D eigenvalue weighted by atomic mass is 32.2. The normalized spacial score (nSPS) is 21.7. The second-order valence-electron chi connectivity index (χ2n) is 3.57. The standard InChI is InChI=1S/C10H17NS/c1-9(7-8-11)12-10-5-3-2-4-6-10/h9-10H,2-7H2,1H3. The molecule has 68 valence electrons. The summed E-state index contributed by atoms with van der Waals surface area (Å²) in [6.45, 7) is 2.17. The summed E-state index contributed by atoms with van der Waals surface area (Å²) >= 11 is 2.02. The van der Waals surface area contributed by atoms with E-state index < -0.39 is 0 Å². The van der Waals surface area contributed by atoms with Crippen molar-refractivity contribution in [2.75, 3.05) is 0 Å². The van der Waals surface area contributed by atoms with Crippen LogP contribution in [0.1, 0.15) is 45.4 Å². The van der Waals surface area contributed by atoms with Crippen LogP contribution in [0.3, 0.4) is 0 Å². The SMILES string of the molecule is CC(CC#N)SC1CCCCC1. The highest BCUT2D eigenvalue weighted by Crippen LogP contribution is 2.31. The van der Waals surface area contributed by atoms with Gasteiger partial charge in [-0.15, -0.1) is 0 Å². The van der Waals surface area contributed by atoms with Crippen LogP contribution in [0.4, 0.5) is 0 Å². The molecule has 0 spiro atoms. The molecule has 0 heterocycles. The van der Waals surface area contributed by atoms with Gasteiger partial charge in [0.1, 0.15) is 0 Å². The number of hydrogen-bond acceptors (Lipinski definition) is 2. The lowest BCUT2D eigenvalue weighted by molar-refractivity contribution is 0.515. The zero-order valence-corrected chi connectivity index (χ0v) is 8.57. The Bertz CT molecular complexity index is 156. The molecule has 0 radical (unpaired) electrons. The van der Waals surface area contributed by atoms with Gasteiger partial charge in [-0.05, 0) is 12.8 Å². The number of nitriles is 1. The average Bonchev–Trinajstić information content (AvgIpc) is 2.06. The minimum absolute atomic E-state index is 0.540. The molecule has 0 aliphatic heterocycles. The van der Waals surface area contributed by atoms with Crippen molar-refractivity contribution >= 4 is 11.8 Å². The van der Waals surface area contributed by atoms with Crippen molar-refractivity contribution in [2.24, 2.45) is 0 Å². The van der Waals surface area contributed by atoms with Crippen LogP contribution < -0.4 is 0 Å². The lowest BCUT2D eigenvalue weighted by atomic mass is 10.0. The van der Waals surface area contributed by atoms with Crippen molar-refractivity contribution in [2.45, 2.75) is 55.9 Å². The van der Waals surface area contributed by atoms with E-state index in [2.05, 4.69) is 13.0 Å². The largest absolute Gasteiger partial charge is 0.198 e. The number of hydrogen-bond donors (Lipinski definition) is 0. The van der Waals surface area contributed by atoms with Gasteiger partial charge in [0, 0.05) is 16.9 Å². The Kier molecular flexibility index (Phi) is 4.53. The van der Waals surface area contributed by atoms with Crippen molar-refractivity contribution in [1.29, 1.82) is 5.26 Å². The molecule has 0 aromatic heterocycles. The van der Waals surface area contributed by atoms with E-state index in [4.69, 9.17) is 5.26 Å². The summed E-state index contributed by atoms with van der Waals surface area (Å²) in [7, 11) is 0. The van der Waals surface area contributed by atoms with E-state index in [0.717, 1.165) is 5.25 Å². The molecule has 0 aromatic carbocycles. The van der Waals surface area contributed by atoms with Gasteiger partial charge < -0.3 is 0 Å². The molecule has 12 heavy (non-hydrogen) atoms. The van der Waals surface area contributed by atoms with E-state index in [1.165, 1.54) is 32.1 Å². The topological polar surface area (TPSA) is 23.8 Å². The Morgan fingerprint density at radius 2 is 2.08 bits per heavy atom. The van der Waals surface area contributed by atoms with Crippen LogP contribution in [0, 0.1) is 11.3 Å². The highest BCUT2D eigenvalue weighted by Gasteiger charge is 2.16. The van der Waals surface area contributed by atoms with Crippen LogP contribution in [-0.4, -0.2) is 10.5 Å². The maximum absolute atomic E-state index is 8.50. The van der Waals surface area contributed by atoms with Crippen LogP contribution in [-0.2, 0) is 0 Å². The molecule has 2 heteroatoms. The fourth-order valence-electron chi connectivity index (χ4n) is 1.71. The van der Waals surface area contributed by atoms with Crippen molar-refractivity contribution in [3.05, 3.63) is 0 Å². The molecule has 1 aliphatic carbocycles. The zero-order valence-electron chi connectivity index (χ0n) is 7.75. The number of nitrogens with zero attached hydrogens (tertiary/aromatic N) is 1. The predicted octanol–water partition coefficient (Wildman–Crippen LogP) is 3.35. The predicted molar refractivity (Wildman–Crippen MR) is 54.2 cm³/mol. The van der Waals surface area contributed by atoms with Crippen LogP contribution >= 0.6 is 11.8 Å². The van der Waals surface area contributed by atoms with Gasteiger partial charge in [-0.25, -0.2) is 0 Å². The fourth-order valence-corrected chi connectivity index (χ4v) is 3.14. The summed E-state index contributed by atoms with van der Waals surface area (Å²) in [6, 6.07) is 2.24. The minimum atomic E-state index is 0.540. The summed E-state index contributed by atoms with van der Waals surface area (Å²) in [5.41, 5.74) is 0. The third-order valence-corrected chi connectivity index (χ3v) is 3.84. The smallest absolute Gasteiger partial charge is 0.0633 e. The van der Waals surface area contributed by atoms with Gasteiger partial charge >= 0.3 is 0 Å². The second-order valence-corrected chi connectivity index (χ2v) is 5.31. The Morgan fingerprint density at radius 3 is 2.67 bits per heavy atom. The lowest BCUT2D eigenvalue weighted by Gasteiger charge is -2.23. The van der Waals surface area contributed by atoms with E-state index in [9.17, 15) is 0 Å². The first-order valence-electron chi connectivity index (χ1n) is 4.85. The fraction of sp³-hybridized carbons (Fsp3) is 0.900. The highest BCUT2D eigenvalue weighted by molar-refractivity contribution is 8.00. The van der Waals surface area contributed by atoms with Crippen molar-refractivity contribution in [1.82, 2.24) is 0 Å². The number of thioether (sulfide) groups is 1. The maximum atomic E-state index is 8.50. The first-order chi connectivity index (χ1) is 5.83. The van der Waals surface area contributed by atoms with Gasteiger partial charge in [-0.2, -0.15) is 17.0 Å². The third-order valence-electron chi connectivity index (χ3n) is 2.36. The van der Waals surface area contributed by atoms with Gasteiger partial charge in [-0.1, -0.05) is 26.2 Å². The molecule has 1 nitrogen and oxygen atoms in total. The minimum Gasteiger partial charge on any atom is -0.198 e. The van der Waals surface area contributed by atoms with Crippen molar-refractivity contribution in [3.63, 3.8) is 0 Å². The van der Waals surface area contributed by atoms with E-state index in [-0.39, 0.29) is 0 Å². The molecule has 0 bridgehead atoms. The first kappa shape index (κ1) is 9.92. The Labute approximate surface area is 79.5 Å². The van der Waals surface area contributed by atoms with Gasteiger partial charge in [0.25, 0.3) is 0 Å². The van der Waals surface area contributed by atoms with E-state index in [0.29, 0.717) is 11.7 Å². The molecular formula is C10H17NS. The van der Waals surface area contributed by atoms with Crippen LogP contribution in [0.15, 0.2) is 0 Å². The molecule has 1 aliphatic rings. The second kappa shape index (κ2) is 5.48. The van der Waals surface area contributed by atoms with Gasteiger partial charge in [0.05, 0.1) is 6.07 Å². The molecule has 0 aromatic rings. The first-order valence-corrected chi connectivity index (χ1v) is 5.79. The van der Waals surface area contributed by atoms with Crippen LogP contribution in [0.25, 0.3) is 0 Å². The number of rotatable bonds is 3. The van der Waals surface area contributed by atoms with E-state index in [1.54, 1.807) is 0 Å². The van der Waals surface area contributed by atoms with Crippen LogP contribution in [0.2, 0.25) is 0 Å². The van der Waals surface area contributed by atoms with E-state index in [1.807, 2.05) is 11.8 Å². The zero-order chi connectivity index (χ0) is 8.81. The summed E-state index contributed by atoms with van der Waals surface area (Å²) < 4.78 is 0. The molecule has 0 saturated heterocycles. The quantitative estimate of drug-likeness (QED) is 0.670. The van der Waals surface area contributed by atoms with Crippen molar-refractivity contribution < 1.29 is 0 Å². The molecule has 1 atom stereocenters. The molecule has 1 rings (SSSR count). The summed E-state index contributed by atoms with van der Waals surface area (Å²) in [4.78, 5) is 0. The Balaban J connectivity index is 2.16. The molecule has 1 fully saturated rings. The van der Waals surface area contributed by atoms with E-state index >= 15 is 0 Å². The monoisotopic (exact) mass is 183 g/mol. The Morgan fingerprint density at radius 1 is 1.42 bits per heavy atom. The van der Waals surface area contributed by atoms with Gasteiger partial charge in [0.15, 0.2) is 0 Å². The Hall–Kier alpha value is -0.160. The molecular weight excluding hydrogens is 166 g/mol. The average molecular weight is 183 g/mol. The van der Waals surface area contributed by atoms with Gasteiger partial charge in [0.2, 0.25) is 0 Å². The van der Waals surface area contributed by atoms with Gasteiger partial charge in [-0.3, -0.25) is 0 Å². The lowest BCUT2D eigenvalue weighted by Crippen LogP contribution is -2.11. The van der Waals surface area contributed by atoms with Crippen LogP contribution in [0.5, 0.6) is 0 Å². The summed E-state index contributed by atoms with van der Waals surface area (Å²) in [6.07, 6.45) is 7.68. The molecule has 0 amide bonds. The van der Waals surface area contributed by atoms with Crippen molar-refractivity contribution in [3.8, 4) is 6.07 Å².